The topological polar surface area (TPSA) is 102 Å². The van der Waals surface area contributed by atoms with Crippen molar-refractivity contribution >= 4 is 17.6 Å². The number of hydrogen-bond acceptors (Lipinski definition) is 5. The normalized spacial score (nSPS) is 11.7. The lowest BCUT2D eigenvalue weighted by atomic mass is 9.98. The van der Waals surface area contributed by atoms with Crippen LogP contribution >= 0.6 is 0 Å². The number of carbonyl (C=O) groups excluding carboxylic acids is 2. The van der Waals surface area contributed by atoms with E-state index in [1.54, 1.807) is 36.4 Å². The zero-order valence-electron chi connectivity index (χ0n) is 15.4. The maximum absolute atomic E-state index is 12.4. The van der Waals surface area contributed by atoms with E-state index in [-0.39, 0.29) is 0 Å². The summed E-state index contributed by atoms with van der Waals surface area (Å²) in [6.45, 7) is 2.84. The zero-order valence-corrected chi connectivity index (χ0v) is 15.4. The molecule has 0 bridgehead atoms. The van der Waals surface area contributed by atoms with Gasteiger partial charge in [-0.25, -0.2) is 4.79 Å². The van der Waals surface area contributed by atoms with E-state index >= 15 is 0 Å². The van der Waals surface area contributed by atoms with Crippen molar-refractivity contribution in [2.24, 2.45) is 0 Å². The molecule has 1 amide bonds. The number of nitrogens with one attached hydrogen (secondary N) is 1. The van der Waals surface area contributed by atoms with E-state index in [2.05, 4.69) is 21.9 Å². The van der Waals surface area contributed by atoms with Gasteiger partial charge in [0.25, 0.3) is 5.91 Å². The van der Waals surface area contributed by atoms with Crippen LogP contribution in [0.15, 0.2) is 48.5 Å². The molecule has 0 aliphatic rings. The highest BCUT2D eigenvalue weighted by atomic mass is 16.5. The maximum atomic E-state index is 12.4. The summed E-state index contributed by atoms with van der Waals surface area (Å²) in [7, 11) is 1.20. The predicted molar refractivity (Wildman–Crippen MR) is 103 cm³/mol. The van der Waals surface area contributed by atoms with Crippen LogP contribution < -0.4 is 11.1 Å². The van der Waals surface area contributed by atoms with Crippen molar-refractivity contribution in [3.8, 4) is 11.8 Å². The number of nitrogen functional groups attached to an aromatic ring is 1. The van der Waals surface area contributed by atoms with Gasteiger partial charge in [0.1, 0.15) is 0 Å². The molecule has 4 N–H and O–H groups in total. The molecule has 0 aromatic heterocycles. The van der Waals surface area contributed by atoms with Gasteiger partial charge in [0.15, 0.2) is 6.04 Å². The number of esters is 1. The second kappa shape index (κ2) is 8.39. The molecule has 0 aliphatic heterocycles. The van der Waals surface area contributed by atoms with Crippen molar-refractivity contribution in [1.29, 1.82) is 0 Å². The van der Waals surface area contributed by atoms with E-state index in [1.807, 2.05) is 12.1 Å². The molecule has 1 atom stereocenters. The number of hydrogen-bond donors (Lipinski definition) is 3. The van der Waals surface area contributed by atoms with Crippen molar-refractivity contribution in [2.75, 3.05) is 12.8 Å². The molecular weight excluding hydrogens is 344 g/mol. The lowest BCUT2D eigenvalue weighted by Crippen LogP contribution is -2.54. The molecule has 0 heterocycles. The standard InChI is InChI=1S/C21H22N2O4/c1-21(2,26)18(20(25)27-3)23-19(24)16-10-6-14(7-11-16)4-5-15-8-12-17(22)13-9-15/h6-13,18,26H,22H2,1-3H3,(H,23,24). The van der Waals surface area contributed by atoms with Gasteiger partial charge in [0.05, 0.1) is 12.7 Å². The number of nitrogens with two attached hydrogens (primary N) is 1. The van der Waals surface area contributed by atoms with Crippen LogP contribution in [0.4, 0.5) is 5.69 Å². The van der Waals surface area contributed by atoms with Crippen LogP contribution in [0, 0.1) is 11.8 Å². The van der Waals surface area contributed by atoms with Gasteiger partial charge in [0, 0.05) is 22.4 Å². The van der Waals surface area contributed by atoms with E-state index < -0.39 is 23.5 Å². The molecule has 0 saturated heterocycles. The Labute approximate surface area is 158 Å². The Morgan fingerprint density at radius 2 is 1.52 bits per heavy atom. The average molecular weight is 366 g/mol. The summed E-state index contributed by atoms with van der Waals surface area (Å²) in [6.07, 6.45) is 0. The van der Waals surface area contributed by atoms with Gasteiger partial charge >= 0.3 is 5.97 Å². The molecule has 0 aliphatic carbocycles. The largest absolute Gasteiger partial charge is 0.467 e. The molecule has 1 unspecified atom stereocenters. The van der Waals surface area contributed by atoms with Crippen molar-refractivity contribution in [2.45, 2.75) is 25.5 Å². The Morgan fingerprint density at radius 3 is 1.96 bits per heavy atom. The fourth-order valence-corrected chi connectivity index (χ4v) is 2.27. The van der Waals surface area contributed by atoms with Gasteiger partial charge in [-0.05, 0) is 62.4 Å². The smallest absolute Gasteiger partial charge is 0.331 e. The van der Waals surface area contributed by atoms with Crippen LogP contribution in [-0.4, -0.2) is 35.7 Å². The van der Waals surface area contributed by atoms with E-state index in [4.69, 9.17) is 5.73 Å². The number of methoxy groups -OCH3 is 1. The fourth-order valence-electron chi connectivity index (χ4n) is 2.27. The third-order valence-electron chi connectivity index (χ3n) is 3.83. The Morgan fingerprint density at radius 1 is 1.04 bits per heavy atom. The second-order valence-corrected chi connectivity index (χ2v) is 6.53. The lowest BCUT2D eigenvalue weighted by Gasteiger charge is -2.27. The number of aliphatic hydroxyl groups is 1. The van der Waals surface area contributed by atoms with Crippen molar-refractivity contribution in [3.05, 3.63) is 65.2 Å². The fraction of sp³-hybridized carbons (Fsp3) is 0.238. The van der Waals surface area contributed by atoms with Crippen molar-refractivity contribution in [1.82, 2.24) is 5.32 Å². The van der Waals surface area contributed by atoms with Crippen LogP contribution in [-0.2, 0) is 9.53 Å². The Bertz CT molecular complexity index is 870. The first-order valence-corrected chi connectivity index (χ1v) is 8.29. The molecule has 140 valence electrons. The average Bonchev–Trinajstić information content (AvgIpc) is 2.64. The summed E-state index contributed by atoms with van der Waals surface area (Å²) in [4.78, 5) is 24.2. The third kappa shape index (κ3) is 5.59. The molecule has 27 heavy (non-hydrogen) atoms. The molecule has 0 radical (unpaired) electrons. The van der Waals surface area contributed by atoms with Crippen LogP contribution in [0.1, 0.15) is 35.3 Å². The van der Waals surface area contributed by atoms with Crippen LogP contribution in [0.25, 0.3) is 0 Å². The Hall–Kier alpha value is -3.30. The summed E-state index contributed by atoms with van der Waals surface area (Å²) in [5.74, 6) is 4.80. The van der Waals surface area contributed by atoms with Crippen LogP contribution in [0.5, 0.6) is 0 Å². The molecule has 2 rings (SSSR count). The van der Waals surface area contributed by atoms with E-state index in [1.165, 1.54) is 21.0 Å². The second-order valence-electron chi connectivity index (χ2n) is 6.53. The summed E-state index contributed by atoms with van der Waals surface area (Å²) >= 11 is 0. The Kier molecular flexibility index (Phi) is 6.22. The van der Waals surface area contributed by atoms with Crippen LogP contribution in [0.2, 0.25) is 0 Å². The molecule has 0 spiro atoms. The first-order chi connectivity index (χ1) is 12.7. The number of rotatable bonds is 4. The van der Waals surface area contributed by atoms with Crippen LogP contribution in [0.3, 0.4) is 0 Å². The highest BCUT2D eigenvalue weighted by Crippen LogP contribution is 2.12. The van der Waals surface area contributed by atoms with Gasteiger partial charge in [-0.1, -0.05) is 11.8 Å². The minimum absolute atomic E-state index is 0.339. The summed E-state index contributed by atoms with van der Waals surface area (Å²) < 4.78 is 4.64. The minimum Gasteiger partial charge on any atom is -0.467 e. The molecule has 6 nitrogen and oxygen atoms in total. The molecular formula is C21H22N2O4. The first kappa shape index (κ1) is 20.0. The monoisotopic (exact) mass is 366 g/mol. The van der Waals surface area contributed by atoms with Gasteiger partial charge in [-0.2, -0.15) is 0 Å². The van der Waals surface area contributed by atoms with E-state index in [0.29, 0.717) is 11.3 Å². The zero-order chi connectivity index (χ0) is 20.0. The molecule has 2 aromatic rings. The van der Waals surface area contributed by atoms with E-state index in [0.717, 1.165) is 11.1 Å². The number of benzene rings is 2. The van der Waals surface area contributed by atoms with Crippen molar-refractivity contribution in [3.63, 3.8) is 0 Å². The maximum Gasteiger partial charge on any atom is 0.331 e. The highest BCUT2D eigenvalue weighted by Gasteiger charge is 2.35. The molecule has 2 aromatic carbocycles. The van der Waals surface area contributed by atoms with E-state index in [9.17, 15) is 14.7 Å². The number of carbonyl (C=O) groups is 2. The summed E-state index contributed by atoms with van der Waals surface area (Å²) in [6, 6.07) is 12.6. The first-order valence-electron chi connectivity index (χ1n) is 8.29. The molecule has 0 saturated carbocycles. The SMILES string of the molecule is COC(=O)C(NC(=O)c1ccc(C#Cc2ccc(N)cc2)cc1)C(C)(C)O. The third-order valence-corrected chi connectivity index (χ3v) is 3.83. The molecule has 6 heteroatoms. The number of amides is 1. The predicted octanol–water partition coefficient (Wildman–Crippen LogP) is 1.71. The lowest BCUT2D eigenvalue weighted by molar-refractivity contribution is -0.148. The number of ether oxygens (including phenoxy) is 1. The number of anilines is 1. The Balaban J connectivity index is 2.11. The quantitative estimate of drug-likeness (QED) is 0.434. The minimum atomic E-state index is -1.47. The van der Waals surface area contributed by atoms with Gasteiger partial charge in [-0.3, -0.25) is 4.79 Å². The summed E-state index contributed by atoms with van der Waals surface area (Å²) in [5, 5.41) is 12.6. The van der Waals surface area contributed by atoms with Gasteiger partial charge in [0.2, 0.25) is 0 Å². The molecule has 0 fully saturated rings. The van der Waals surface area contributed by atoms with Gasteiger partial charge < -0.3 is 20.9 Å². The summed E-state index contributed by atoms with van der Waals surface area (Å²) in [5.41, 5.74) is 6.75. The van der Waals surface area contributed by atoms with Crippen molar-refractivity contribution < 1.29 is 19.4 Å². The highest BCUT2D eigenvalue weighted by molar-refractivity contribution is 5.97. The van der Waals surface area contributed by atoms with Gasteiger partial charge in [-0.15, -0.1) is 0 Å².